The molecule has 11 heteroatoms. The first-order valence-electron chi connectivity index (χ1n) is 9.60. The zero-order valence-electron chi connectivity index (χ0n) is 16.7. The van der Waals surface area contributed by atoms with Crippen LogP contribution in [0.3, 0.4) is 0 Å². The summed E-state index contributed by atoms with van der Waals surface area (Å²) in [5.74, 6) is -0.303. The maximum atomic E-state index is 14.6. The summed E-state index contributed by atoms with van der Waals surface area (Å²) >= 11 is 1.06. The zero-order chi connectivity index (χ0) is 22.0. The summed E-state index contributed by atoms with van der Waals surface area (Å²) in [6.45, 7) is 2.99. The lowest BCUT2D eigenvalue weighted by molar-refractivity contribution is 0.0730. The minimum absolute atomic E-state index is 0.0194. The standard InChI is InChI=1S/C20H21FN4O4S2/c1-14-22-5-6-25(14)17-3-2-15(12-16(17)21)13-23-20(26)19-18(4-11-30-19)31(27,28)24-7-9-29-10-8-24/h2-6,11-12H,7-10,13H2,1H3,(H,23,26). The molecule has 2 aromatic heterocycles. The van der Waals surface area contributed by atoms with E-state index in [1.165, 1.54) is 16.4 Å². The highest BCUT2D eigenvalue weighted by molar-refractivity contribution is 7.89. The second-order valence-electron chi connectivity index (χ2n) is 6.94. The van der Waals surface area contributed by atoms with Crippen LogP contribution in [0.15, 0.2) is 46.9 Å². The Morgan fingerprint density at radius 2 is 2.06 bits per heavy atom. The number of imidazole rings is 1. The van der Waals surface area contributed by atoms with Gasteiger partial charge in [0.25, 0.3) is 5.91 Å². The topological polar surface area (TPSA) is 93.5 Å². The summed E-state index contributed by atoms with van der Waals surface area (Å²) in [5, 5.41) is 4.26. The first kappa shape index (κ1) is 21.6. The lowest BCUT2D eigenvalue weighted by Gasteiger charge is -2.26. The number of hydrogen-bond acceptors (Lipinski definition) is 6. The lowest BCUT2D eigenvalue weighted by atomic mass is 10.2. The molecule has 0 atom stereocenters. The Hall–Kier alpha value is -2.60. The molecule has 1 aliphatic heterocycles. The fraction of sp³-hybridized carbons (Fsp3) is 0.300. The highest BCUT2D eigenvalue weighted by atomic mass is 32.2. The molecule has 3 heterocycles. The zero-order valence-corrected chi connectivity index (χ0v) is 18.4. The van der Waals surface area contributed by atoms with Gasteiger partial charge in [0, 0.05) is 32.0 Å². The number of benzene rings is 1. The average molecular weight is 465 g/mol. The van der Waals surface area contributed by atoms with Crippen molar-refractivity contribution in [3.8, 4) is 5.69 Å². The number of nitrogens with one attached hydrogen (secondary N) is 1. The van der Waals surface area contributed by atoms with Crippen molar-refractivity contribution in [3.63, 3.8) is 0 Å². The van der Waals surface area contributed by atoms with Crippen molar-refractivity contribution >= 4 is 27.3 Å². The number of nitrogens with zero attached hydrogens (tertiary/aromatic N) is 3. The van der Waals surface area contributed by atoms with Crippen LogP contribution >= 0.6 is 11.3 Å². The molecule has 1 saturated heterocycles. The van der Waals surface area contributed by atoms with Crippen LogP contribution in [0.4, 0.5) is 4.39 Å². The third kappa shape index (κ3) is 4.40. The maximum Gasteiger partial charge on any atom is 0.263 e. The number of carbonyl (C=O) groups is 1. The van der Waals surface area contributed by atoms with Gasteiger partial charge >= 0.3 is 0 Å². The number of aryl methyl sites for hydroxylation is 1. The smallest absolute Gasteiger partial charge is 0.263 e. The van der Waals surface area contributed by atoms with E-state index in [0.717, 1.165) is 11.3 Å². The van der Waals surface area contributed by atoms with Gasteiger partial charge in [0.05, 0.1) is 18.9 Å². The van der Waals surface area contributed by atoms with Crippen LogP contribution in [-0.2, 0) is 21.3 Å². The Balaban J connectivity index is 1.47. The Bertz CT molecular complexity index is 1200. The second kappa shape index (κ2) is 8.87. The Morgan fingerprint density at radius 1 is 1.29 bits per heavy atom. The van der Waals surface area contributed by atoms with Crippen LogP contribution in [0.5, 0.6) is 0 Å². The molecule has 3 aromatic rings. The molecule has 4 rings (SSSR count). The summed E-state index contributed by atoms with van der Waals surface area (Å²) in [5.41, 5.74) is 0.920. The van der Waals surface area contributed by atoms with Gasteiger partial charge in [-0.05, 0) is 36.1 Å². The minimum atomic E-state index is -3.78. The van der Waals surface area contributed by atoms with Crippen LogP contribution in [0.1, 0.15) is 21.1 Å². The molecule has 1 aliphatic rings. The molecule has 0 radical (unpaired) electrons. The van der Waals surface area contributed by atoms with Gasteiger partial charge in [-0.25, -0.2) is 17.8 Å². The predicted molar refractivity (Wildman–Crippen MR) is 113 cm³/mol. The van der Waals surface area contributed by atoms with Gasteiger partial charge in [0.2, 0.25) is 10.0 Å². The van der Waals surface area contributed by atoms with Crippen LogP contribution in [-0.4, -0.2) is 54.5 Å². The predicted octanol–water partition coefficient (Wildman–Crippen LogP) is 2.33. The van der Waals surface area contributed by atoms with Crippen molar-refractivity contribution < 1.29 is 22.3 Å². The van der Waals surface area contributed by atoms with E-state index < -0.39 is 21.7 Å². The molecular weight excluding hydrogens is 443 g/mol. The van der Waals surface area contributed by atoms with E-state index >= 15 is 0 Å². The van der Waals surface area contributed by atoms with Crippen molar-refractivity contribution in [3.05, 3.63) is 64.1 Å². The van der Waals surface area contributed by atoms with E-state index in [4.69, 9.17) is 4.74 Å². The number of amides is 1. The summed E-state index contributed by atoms with van der Waals surface area (Å²) < 4.78 is 48.5. The monoisotopic (exact) mass is 464 g/mol. The largest absolute Gasteiger partial charge is 0.379 e. The molecule has 1 amide bonds. The average Bonchev–Trinajstić information content (AvgIpc) is 3.42. The molecule has 1 aromatic carbocycles. The van der Waals surface area contributed by atoms with Crippen molar-refractivity contribution in [1.29, 1.82) is 0 Å². The highest BCUT2D eigenvalue weighted by Gasteiger charge is 2.31. The van der Waals surface area contributed by atoms with Crippen LogP contribution in [0, 0.1) is 12.7 Å². The van der Waals surface area contributed by atoms with Gasteiger partial charge in [-0.3, -0.25) is 4.79 Å². The normalized spacial score (nSPS) is 15.2. The summed E-state index contributed by atoms with van der Waals surface area (Å²) in [4.78, 5) is 16.9. The molecule has 0 aliphatic carbocycles. The number of aromatic nitrogens is 2. The number of hydrogen-bond donors (Lipinski definition) is 1. The van der Waals surface area contributed by atoms with Crippen LogP contribution in [0.25, 0.3) is 5.69 Å². The number of thiophene rings is 1. The fourth-order valence-corrected chi connectivity index (χ4v) is 6.07. The molecule has 0 spiro atoms. The second-order valence-corrected chi connectivity index (χ2v) is 9.77. The van der Waals surface area contributed by atoms with E-state index in [1.807, 2.05) is 0 Å². The minimum Gasteiger partial charge on any atom is -0.379 e. The number of morpholine rings is 1. The first-order chi connectivity index (χ1) is 14.9. The van der Waals surface area contributed by atoms with Gasteiger partial charge in [0.1, 0.15) is 21.4 Å². The first-order valence-corrected chi connectivity index (χ1v) is 11.9. The molecular formula is C20H21FN4O4S2. The van der Waals surface area contributed by atoms with Crippen molar-refractivity contribution in [2.45, 2.75) is 18.4 Å². The van der Waals surface area contributed by atoms with Gasteiger partial charge in [-0.1, -0.05) is 6.07 Å². The summed E-state index contributed by atoms with van der Waals surface area (Å²) in [6.07, 6.45) is 3.26. The van der Waals surface area contributed by atoms with Gasteiger partial charge in [-0.2, -0.15) is 4.31 Å². The van der Waals surface area contributed by atoms with E-state index in [1.54, 1.807) is 41.4 Å². The molecule has 1 N–H and O–H groups in total. The van der Waals surface area contributed by atoms with E-state index in [2.05, 4.69) is 10.3 Å². The third-order valence-electron chi connectivity index (χ3n) is 4.97. The number of sulfonamides is 1. The van der Waals surface area contributed by atoms with Gasteiger partial charge in [-0.15, -0.1) is 11.3 Å². The Morgan fingerprint density at radius 3 is 2.74 bits per heavy atom. The third-order valence-corrected chi connectivity index (χ3v) is 7.96. The van der Waals surface area contributed by atoms with E-state index in [-0.39, 0.29) is 29.4 Å². The molecule has 0 unspecified atom stereocenters. The number of carbonyl (C=O) groups excluding carboxylic acids is 1. The highest BCUT2D eigenvalue weighted by Crippen LogP contribution is 2.26. The number of halogens is 1. The van der Waals surface area contributed by atoms with Gasteiger partial charge in [0.15, 0.2) is 0 Å². The van der Waals surface area contributed by atoms with Crippen LogP contribution in [0.2, 0.25) is 0 Å². The lowest BCUT2D eigenvalue weighted by Crippen LogP contribution is -2.41. The Kier molecular flexibility index (Phi) is 6.19. The SMILES string of the molecule is Cc1nccn1-c1ccc(CNC(=O)c2sccc2S(=O)(=O)N2CCOCC2)cc1F. The Labute approximate surface area is 183 Å². The molecule has 31 heavy (non-hydrogen) atoms. The maximum absolute atomic E-state index is 14.6. The quantitative estimate of drug-likeness (QED) is 0.604. The van der Waals surface area contributed by atoms with Crippen molar-refractivity contribution in [2.24, 2.45) is 0 Å². The van der Waals surface area contributed by atoms with Gasteiger partial charge < -0.3 is 14.6 Å². The summed E-state index contributed by atoms with van der Waals surface area (Å²) in [6, 6.07) is 6.10. The fourth-order valence-electron chi connectivity index (χ4n) is 3.34. The molecule has 0 bridgehead atoms. The van der Waals surface area contributed by atoms with Crippen molar-refractivity contribution in [2.75, 3.05) is 26.3 Å². The van der Waals surface area contributed by atoms with E-state index in [9.17, 15) is 17.6 Å². The molecule has 0 saturated carbocycles. The summed E-state index contributed by atoms with van der Waals surface area (Å²) in [7, 11) is -3.78. The number of rotatable bonds is 6. The van der Waals surface area contributed by atoms with Crippen molar-refractivity contribution in [1.82, 2.24) is 19.2 Å². The van der Waals surface area contributed by atoms with Crippen LogP contribution < -0.4 is 5.32 Å². The molecule has 1 fully saturated rings. The molecule has 164 valence electrons. The van der Waals surface area contributed by atoms with E-state index in [0.29, 0.717) is 30.3 Å². The molecule has 8 nitrogen and oxygen atoms in total. The number of ether oxygens (including phenoxy) is 1.